The van der Waals surface area contributed by atoms with Crippen molar-refractivity contribution in [3.63, 3.8) is 0 Å². The lowest BCUT2D eigenvalue weighted by atomic mass is 10.2. The molecule has 0 fully saturated rings. The van der Waals surface area contributed by atoms with E-state index in [1.165, 1.54) is 18.0 Å². The zero-order valence-electron chi connectivity index (χ0n) is 14.6. The van der Waals surface area contributed by atoms with Crippen molar-refractivity contribution in [2.24, 2.45) is 0 Å². The smallest absolute Gasteiger partial charge is 0.251 e. The van der Waals surface area contributed by atoms with Crippen LogP contribution in [0, 0.1) is 5.21 Å². The molecule has 1 aromatic heterocycles. The van der Waals surface area contributed by atoms with E-state index in [4.69, 9.17) is 9.47 Å². The Balaban J connectivity index is 2.01. The summed E-state index contributed by atoms with van der Waals surface area (Å²) in [6.07, 6.45) is 1.42. The van der Waals surface area contributed by atoms with E-state index in [1.807, 2.05) is 25.1 Å². The number of carbonyl (C=O) groups is 1. The van der Waals surface area contributed by atoms with Gasteiger partial charge in [-0.3, -0.25) is 4.79 Å². The Labute approximate surface area is 151 Å². The fourth-order valence-electron chi connectivity index (χ4n) is 2.33. The van der Waals surface area contributed by atoms with Crippen LogP contribution in [-0.4, -0.2) is 37.3 Å². The molecule has 0 aliphatic heterocycles. The van der Waals surface area contributed by atoms with Crippen molar-refractivity contribution >= 4 is 17.7 Å². The Bertz CT molecular complexity index is 724. The number of rotatable bonds is 8. The third-order valence-electron chi connectivity index (χ3n) is 3.69. The minimum absolute atomic E-state index is 0.0221. The molecule has 6 nitrogen and oxygen atoms in total. The first-order valence-electron chi connectivity index (χ1n) is 7.88. The van der Waals surface area contributed by atoms with E-state index in [0.717, 1.165) is 10.3 Å². The number of ether oxygens (including phenoxy) is 2. The quantitative estimate of drug-likeness (QED) is 0.410. The minimum atomic E-state index is -0.0221. The van der Waals surface area contributed by atoms with Crippen LogP contribution in [0.4, 0.5) is 0 Å². The number of pyridine rings is 1. The second-order valence-corrected chi connectivity index (χ2v) is 6.25. The summed E-state index contributed by atoms with van der Waals surface area (Å²) in [6, 6.07) is 10.7. The molecule has 0 bridgehead atoms. The van der Waals surface area contributed by atoms with Crippen molar-refractivity contribution in [1.82, 2.24) is 4.90 Å². The number of hydrogen-bond acceptors (Lipinski definition) is 5. The number of hydrogen-bond donors (Lipinski definition) is 0. The lowest BCUT2D eigenvalue weighted by Gasteiger charge is -2.21. The number of carbonyl (C=O) groups excluding carboxylic acids is 1. The van der Waals surface area contributed by atoms with Crippen molar-refractivity contribution in [3.8, 4) is 11.5 Å². The Morgan fingerprint density at radius 1 is 1.20 bits per heavy atom. The molecule has 0 unspecified atom stereocenters. The third kappa shape index (κ3) is 5.03. The summed E-state index contributed by atoms with van der Waals surface area (Å²) in [5, 5.41) is 12.2. The maximum Gasteiger partial charge on any atom is 0.251 e. The topological polar surface area (TPSA) is 65.7 Å². The molecule has 0 saturated heterocycles. The predicted octanol–water partition coefficient (Wildman–Crippen LogP) is 2.48. The lowest BCUT2D eigenvalue weighted by Crippen LogP contribution is -2.33. The van der Waals surface area contributed by atoms with Gasteiger partial charge in [0.15, 0.2) is 17.7 Å². The highest BCUT2D eigenvalue weighted by atomic mass is 32.2. The summed E-state index contributed by atoms with van der Waals surface area (Å²) in [5.74, 6) is 1.48. The van der Waals surface area contributed by atoms with E-state index in [1.54, 1.807) is 37.3 Å². The first-order chi connectivity index (χ1) is 12.1. The average molecular weight is 362 g/mol. The van der Waals surface area contributed by atoms with Crippen LogP contribution in [0.2, 0.25) is 0 Å². The molecule has 134 valence electrons. The fourth-order valence-corrected chi connectivity index (χ4v) is 3.14. The summed E-state index contributed by atoms with van der Waals surface area (Å²) < 4.78 is 11.3. The number of benzene rings is 1. The summed E-state index contributed by atoms with van der Waals surface area (Å²) >= 11 is 1.24. The van der Waals surface area contributed by atoms with Crippen molar-refractivity contribution in [3.05, 3.63) is 53.4 Å². The Kier molecular flexibility index (Phi) is 6.94. The van der Waals surface area contributed by atoms with Crippen LogP contribution in [0.25, 0.3) is 0 Å². The van der Waals surface area contributed by atoms with E-state index in [0.29, 0.717) is 29.6 Å². The summed E-state index contributed by atoms with van der Waals surface area (Å²) in [6.45, 7) is 2.99. The van der Waals surface area contributed by atoms with Crippen LogP contribution in [0.5, 0.6) is 11.5 Å². The van der Waals surface area contributed by atoms with Crippen LogP contribution in [0.1, 0.15) is 12.5 Å². The van der Waals surface area contributed by atoms with Crippen LogP contribution in [-0.2, 0) is 11.3 Å². The van der Waals surface area contributed by atoms with E-state index in [-0.39, 0.29) is 11.7 Å². The molecule has 0 atom stereocenters. The standard InChI is InChI=1S/C18H22N2O4S/c1-4-19(12-14-8-9-15(23-2)16(11-14)24-3)17(21)13-25-18-7-5-6-10-20(18)22/h5-11H,4,12-13H2,1-3H3. The van der Waals surface area contributed by atoms with Gasteiger partial charge in [-0.2, -0.15) is 4.73 Å². The van der Waals surface area contributed by atoms with E-state index >= 15 is 0 Å². The molecule has 1 heterocycles. The molecule has 25 heavy (non-hydrogen) atoms. The number of amides is 1. The van der Waals surface area contributed by atoms with Crippen LogP contribution >= 0.6 is 11.8 Å². The third-order valence-corrected chi connectivity index (χ3v) is 4.69. The van der Waals surface area contributed by atoms with Gasteiger partial charge in [0.05, 0.1) is 20.0 Å². The van der Waals surface area contributed by atoms with Gasteiger partial charge in [0, 0.05) is 25.2 Å². The molecule has 0 N–H and O–H groups in total. The lowest BCUT2D eigenvalue weighted by molar-refractivity contribution is -0.645. The van der Waals surface area contributed by atoms with Gasteiger partial charge in [-0.25, -0.2) is 0 Å². The molecular weight excluding hydrogens is 340 g/mol. The first kappa shape index (κ1) is 18.9. The summed E-state index contributed by atoms with van der Waals surface area (Å²) in [7, 11) is 3.17. The van der Waals surface area contributed by atoms with Gasteiger partial charge in [0.2, 0.25) is 5.91 Å². The van der Waals surface area contributed by atoms with E-state index in [2.05, 4.69) is 0 Å². The number of thioether (sulfide) groups is 1. The van der Waals surface area contributed by atoms with Crippen LogP contribution in [0.15, 0.2) is 47.6 Å². The van der Waals surface area contributed by atoms with Gasteiger partial charge in [0.1, 0.15) is 0 Å². The fraction of sp³-hybridized carbons (Fsp3) is 0.333. The van der Waals surface area contributed by atoms with Crippen molar-refractivity contribution < 1.29 is 19.0 Å². The highest BCUT2D eigenvalue weighted by molar-refractivity contribution is 7.99. The van der Waals surface area contributed by atoms with Gasteiger partial charge in [-0.15, -0.1) is 0 Å². The second-order valence-electron chi connectivity index (χ2n) is 5.25. The van der Waals surface area contributed by atoms with Crippen molar-refractivity contribution in [2.45, 2.75) is 18.5 Å². The maximum absolute atomic E-state index is 12.5. The highest BCUT2D eigenvalue weighted by Crippen LogP contribution is 2.28. The molecule has 2 aromatic rings. The Morgan fingerprint density at radius 3 is 2.60 bits per heavy atom. The number of methoxy groups -OCH3 is 2. The molecule has 1 aromatic carbocycles. The largest absolute Gasteiger partial charge is 0.618 e. The molecule has 0 aliphatic rings. The molecule has 1 amide bonds. The van der Waals surface area contributed by atoms with Gasteiger partial charge in [-0.05, 0) is 42.4 Å². The molecule has 0 aliphatic carbocycles. The number of nitrogens with zero attached hydrogens (tertiary/aromatic N) is 2. The van der Waals surface area contributed by atoms with Crippen LogP contribution < -0.4 is 14.2 Å². The molecular formula is C18H22N2O4S. The zero-order valence-corrected chi connectivity index (χ0v) is 15.4. The van der Waals surface area contributed by atoms with Gasteiger partial charge in [-0.1, -0.05) is 6.07 Å². The van der Waals surface area contributed by atoms with Gasteiger partial charge < -0.3 is 19.6 Å². The molecule has 0 spiro atoms. The van der Waals surface area contributed by atoms with Gasteiger partial charge in [0.25, 0.3) is 5.03 Å². The highest BCUT2D eigenvalue weighted by Gasteiger charge is 2.16. The Morgan fingerprint density at radius 2 is 1.96 bits per heavy atom. The van der Waals surface area contributed by atoms with E-state index in [9.17, 15) is 10.0 Å². The van der Waals surface area contributed by atoms with Crippen molar-refractivity contribution in [2.75, 3.05) is 26.5 Å². The van der Waals surface area contributed by atoms with Crippen LogP contribution in [0.3, 0.4) is 0 Å². The average Bonchev–Trinajstić information content (AvgIpc) is 2.64. The first-order valence-corrected chi connectivity index (χ1v) is 8.87. The SMILES string of the molecule is CCN(Cc1ccc(OC)c(OC)c1)C(=O)CSc1cccc[n+]1[O-]. The molecule has 0 radical (unpaired) electrons. The Hall–Kier alpha value is -2.41. The summed E-state index contributed by atoms with van der Waals surface area (Å²) in [4.78, 5) is 14.2. The normalized spacial score (nSPS) is 10.4. The van der Waals surface area contributed by atoms with E-state index < -0.39 is 0 Å². The molecule has 7 heteroatoms. The predicted molar refractivity (Wildman–Crippen MR) is 96.8 cm³/mol. The van der Waals surface area contributed by atoms with Crippen molar-refractivity contribution in [1.29, 1.82) is 0 Å². The minimum Gasteiger partial charge on any atom is -0.618 e. The summed E-state index contributed by atoms with van der Waals surface area (Å²) in [5.41, 5.74) is 0.955. The second kappa shape index (κ2) is 9.17. The monoisotopic (exact) mass is 362 g/mol. The maximum atomic E-state index is 12.5. The number of aromatic nitrogens is 1. The molecule has 0 saturated carbocycles. The van der Waals surface area contributed by atoms with Gasteiger partial charge >= 0.3 is 0 Å². The molecule has 2 rings (SSSR count). The zero-order chi connectivity index (χ0) is 18.2.